The summed E-state index contributed by atoms with van der Waals surface area (Å²) < 4.78 is 23.3. The number of allylic oxidation sites excluding steroid dienone is 2. The summed E-state index contributed by atoms with van der Waals surface area (Å²) in [6.07, 6.45) is 3.97. The van der Waals surface area contributed by atoms with Gasteiger partial charge in [0.2, 0.25) is 0 Å². The summed E-state index contributed by atoms with van der Waals surface area (Å²) in [6.45, 7) is 4.90. The van der Waals surface area contributed by atoms with Crippen LogP contribution in [0, 0.1) is 11.3 Å². The third kappa shape index (κ3) is 4.07. The fourth-order valence-corrected chi connectivity index (χ4v) is 3.97. The summed E-state index contributed by atoms with van der Waals surface area (Å²) in [6, 6.07) is 2.07. The van der Waals surface area contributed by atoms with Gasteiger partial charge >= 0.3 is 7.60 Å². The molecule has 0 aromatic carbocycles. The van der Waals surface area contributed by atoms with Crippen molar-refractivity contribution in [2.45, 2.75) is 39.5 Å². The van der Waals surface area contributed by atoms with Gasteiger partial charge in [0, 0.05) is 19.3 Å². The molecule has 1 saturated heterocycles. The van der Waals surface area contributed by atoms with Gasteiger partial charge in [-0.3, -0.25) is 4.57 Å². The normalized spacial score (nSPS) is 19.8. The fraction of sp³-hybridized carbons (Fsp3) is 0.769. The minimum absolute atomic E-state index is 0.181. The van der Waals surface area contributed by atoms with E-state index in [1.165, 1.54) is 0 Å². The van der Waals surface area contributed by atoms with Crippen molar-refractivity contribution < 1.29 is 13.6 Å². The van der Waals surface area contributed by atoms with Crippen LogP contribution in [0.2, 0.25) is 0 Å². The Morgan fingerprint density at radius 3 is 2.47 bits per heavy atom. The number of hydrogen-bond acceptors (Lipinski definition) is 5. The lowest BCUT2D eigenvalue weighted by Crippen LogP contribution is -2.19. The van der Waals surface area contributed by atoms with Crippen molar-refractivity contribution in [1.82, 2.24) is 4.90 Å². The lowest BCUT2D eigenvalue weighted by atomic mass is 10.2. The lowest BCUT2D eigenvalue weighted by molar-refractivity contribution is 0.226. The monoisotopic (exact) mass is 286 g/mol. The van der Waals surface area contributed by atoms with E-state index in [-0.39, 0.29) is 18.5 Å². The highest BCUT2D eigenvalue weighted by Gasteiger charge is 2.34. The second-order valence-corrected chi connectivity index (χ2v) is 6.43. The molecule has 0 atom stereocenters. The van der Waals surface area contributed by atoms with Gasteiger partial charge in [-0.15, -0.1) is 0 Å². The molecule has 1 aliphatic heterocycles. The molecule has 0 amide bonds. The Morgan fingerprint density at radius 1 is 1.32 bits per heavy atom. The molecule has 108 valence electrons. The highest BCUT2D eigenvalue weighted by atomic mass is 31.2. The first-order valence-corrected chi connectivity index (χ1v) is 8.37. The summed E-state index contributed by atoms with van der Waals surface area (Å²) in [4.78, 5) is 2.01. The molecule has 6 heteroatoms. The van der Waals surface area contributed by atoms with Crippen LogP contribution in [-0.4, -0.2) is 31.7 Å². The Morgan fingerprint density at radius 2 is 1.95 bits per heavy atom. The molecular weight excluding hydrogens is 263 g/mol. The average molecular weight is 286 g/mol. The predicted molar refractivity (Wildman–Crippen MR) is 74.6 cm³/mol. The molecule has 0 bridgehead atoms. The zero-order chi connectivity index (χ0) is 14.3. The quantitative estimate of drug-likeness (QED) is 0.572. The molecule has 1 fully saturated rings. The van der Waals surface area contributed by atoms with Gasteiger partial charge in [0.1, 0.15) is 6.07 Å². The van der Waals surface area contributed by atoms with Crippen molar-refractivity contribution >= 4 is 7.60 Å². The molecule has 0 spiro atoms. The molecule has 0 radical (unpaired) electrons. The van der Waals surface area contributed by atoms with E-state index < -0.39 is 7.60 Å². The van der Waals surface area contributed by atoms with Crippen molar-refractivity contribution in [3.05, 3.63) is 11.0 Å². The maximum Gasteiger partial charge on any atom is 0.373 e. The van der Waals surface area contributed by atoms with Gasteiger partial charge in [-0.25, -0.2) is 0 Å². The van der Waals surface area contributed by atoms with Gasteiger partial charge < -0.3 is 13.9 Å². The van der Waals surface area contributed by atoms with Crippen LogP contribution >= 0.6 is 7.60 Å². The molecule has 0 N–H and O–H groups in total. The smallest absolute Gasteiger partial charge is 0.373 e. The van der Waals surface area contributed by atoms with Gasteiger partial charge in [0.05, 0.1) is 13.2 Å². The zero-order valence-corrected chi connectivity index (χ0v) is 12.9. The SMILES string of the molecule is CCOP(=O)(OCC)/C(C#N)=C1\CCCCCN1C. The van der Waals surface area contributed by atoms with Gasteiger partial charge in [0.25, 0.3) is 0 Å². The molecule has 0 saturated carbocycles. The molecule has 0 aromatic heterocycles. The molecule has 1 heterocycles. The Balaban J connectivity index is 3.20. The van der Waals surface area contributed by atoms with Crippen LogP contribution in [0.15, 0.2) is 11.0 Å². The van der Waals surface area contributed by atoms with Crippen molar-refractivity contribution in [3.63, 3.8) is 0 Å². The second kappa shape index (κ2) is 7.69. The van der Waals surface area contributed by atoms with E-state index in [9.17, 15) is 9.83 Å². The van der Waals surface area contributed by atoms with Crippen LogP contribution in [0.5, 0.6) is 0 Å². The van der Waals surface area contributed by atoms with Gasteiger partial charge in [-0.1, -0.05) is 6.42 Å². The molecule has 1 aliphatic rings. The molecule has 0 unspecified atom stereocenters. The van der Waals surface area contributed by atoms with Crippen LogP contribution in [0.4, 0.5) is 0 Å². The summed E-state index contributed by atoms with van der Waals surface area (Å²) in [5.74, 6) is 0. The minimum atomic E-state index is -3.48. The van der Waals surface area contributed by atoms with Crippen LogP contribution in [-0.2, 0) is 13.6 Å². The standard InChI is InChI=1S/C13H23N2O3P/c1-4-17-19(16,18-5-2)13(11-14)12-9-7-6-8-10-15(12)3/h4-10H2,1-3H3/b13-12+. The van der Waals surface area contributed by atoms with Crippen LogP contribution in [0.1, 0.15) is 39.5 Å². The first-order valence-electron chi connectivity index (χ1n) is 6.83. The number of rotatable bonds is 5. The van der Waals surface area contributed by atoms with Crippen molar-refractivity contribution in [1.29, 1.82) is 5.26 Å². The third-order valence-corrected chi connectivity index (χ3v) is 5.22. The fourth-order valence-electron chi connectivity index (χ4n) is 2.23. The molecule has 0 aliphatic carbocycles. The lowest BCUT2D eigenvalue weighted by Gasteiger charge is -2.24. The summed E-state index contributed by atoms with van der Waals surface area (Å²) in [7, 11) is -1.55. The van der Waals surface area contributed by atoms with Gasteiger partial charge in [0.15, 0.2) is 5.31 Å². The van der Waals surface area contributed by atoms with E-state index in [0.717, 1.165) is 37.9 Å². The maximum atomic E-state index is 12.7. The van der Waals surface area contributed by atoms with E-state index in [0.29, 0.717) is 0 Å². The molecule has 1 rings (SSSR count). The zero-order valence-electron chi connectivity index (χ0n) is 12.0. The number of nitrogens with zero attached hydrogens (tertiary/aromatic N) is 2. The third-order valence-electron chi connectivity index (χ3n) is 3.12. The Hall–Kier alpha value is -0.820. The number of likely N-dealkylation sites (tertiary alicyclic amines) is 1. The Kier molecular flexibility index (Phi) is 6.57. The predicted octanol–water partition coefficient (Wildman–Crippen LogP) is 3.49. The number of nitriles is 1. The Bertz CT molecular complexity index is 405. The molecule has 5 nitrogen and oxygen atoms in total. The topological polar surface area (TPSA) is 62.6 Å². The van der Waals surface area contributed by atoms with Crippen LogP contribution in [0.3, 0.4) is 0 Å². The second-order valence-electron chi connectivity index (χ2n) is 4.47. The van der Waals surface area contributed by atoms with Crippen LogP contribution in [0.25, 0.3) is 0 Å². The van der Waals surface area contributed by atoms with E-state index in [4.69, 9.17) is 9.05 Å². The first kappa shape index (κ1) is 16.2. The van der Waals surface area contributed by atoms with E-state index in [2.05, 4.69) is 6.07 Å². The minimum Gasteiger partial charge on any atom is -0.377 e. The van der Waals surface area contributed by atoms with Gasteiger partial charge in [-0.2, -0.15) is 5.26 Å². The average Bonchev–Trinajstić information content (AvgIpc) is 2.56. The van der Waals surface area contributed by atoms with Crippen LogP contribution < -0.4 is 0 Å². The van der Waals surface area contributed by atoms with E-state index in [1.54, 1.807) is 13.8 Å². The van der Waals surface area contributed by atoms with Crippen molar-refractivity contribution in [2.75, 3.05) is 26.8 Å². The number of hydrogen-bond donors (Lipinski definition) is 0. The highest BCUT2D eigenvalue weighted by Crippen LogP contribution is 2.57. The van der Waals surface area contributed by atoms with Gasteiger partial charge in [-0.05, 0) is 33.1 Å². The van der Waals surface area contributed by atoms with E-state index in [1.807, 2.05) is 11.9 Å². The maximum absolute atomic E-state index is 12.7. The summed E-state index contributed by atoms with van der Waals surface area (Å²) in [5, 5.41) is 9.59. The molecule has 0 aromatic rings. The van der Waals surface area contributed by atoms with Crippen molar-refractivity contribution in [3.8, 4) is 6.07 Å². The largest absolute Gasteiger partial charge is 0.377 e. The van der Waals surface area contributed by atoms with E-state index >= 15 is 0 Å². The Labute approximate surface area is 115 Å². The summed E-state index contributed by atoms with van der Waals surface area (Å²) >= 11 is 0. The molecular formula is C13H23N2O3P. The molecule has 19 heavy (non-hydrogen) atoms. The highest BCUT2D eigenvalue weighted by molar-refractivity contribution is 7.59. The van der Waals surface area contributed by atoms with Crippen molar-refractivity contribution in [2.24, 2.45) is 0 Å². The first-order chi connectivity index (χ1) is 9.09. The summed E-state index contributed by atoms with van der Waals surface area (Å²) in [5.41, 5.74) is 0.810.